The minimum absolute atomic E-state index is 0.129. The number of hydrogen-bond donors (Lipinski definition) is 1. The minimum atomic E-state index is -0.368. The van der Waals surface area contributed by atoms with Gasteiger partial charge < -0.3 is 10.0 Å². The van der Waals surface area contributed by atoms with Crippen LogP contribution in [0, 0.1) is 0 Å². The molecule has 6 heteroatoms. The molecule has 2 aromatic heterocycles. The van der Waals surface area contributed by atoms with Gasteiger partial charge in [-0.2, -0.15) is 0 Å². The SMILES string of the molecule is CC(O)CN(C)CCn1nc2ccccn2c1=O. The van der Waals surface area contributed by atoms with Gasteiger partial charge in [0.1, 0.15) is 0 Å². The fourth-order valence-electron chi connectivity index (χ4n) is 1.92. The molecular weight excluding hydrogens is 232 g/mol. The number of rotatable bonds is 5. The number of aliphatic hydroxyl groups is 1. The van der Waals surface area contributed by atoms with Crippen LogP contribution in [0.4, 0.5) is 0 Å². The van der Waals surface area contributed by atoms with E-state index in [9.17, 15) is 9.90 Å². The number of fused-ring (bicyclic) bond motifs is 1. The molecule has 98 valence electrons. The zero-order valence-electron chi connectivity index (χ0n) is 10.7. The summed E-state index contributed by atoms with van der Waals surface area (Å²) in [5, 5.41) is 13.5. The highest BCUT2D eigenvalue weighted by atomic mass is 16.3. The predicted octanol–water partition coefficient (Wildman–Crippen LogP) is -0.191. The molecule has 0 amide bonds. The van der Waals surface area contributed by atoms with Crippen LogP contribution in [-0.2, 0) is 6.54 Å². The van der Waals surface area contributed by atoms with Crippen molar-refractivity contribution in [1.82, 2.24) is 19.1 Å². The fraction of sp³-hybridized carbons (Fsp3) is 0.500. The number of hydrogen-bond acceptors (Lipinski definition) is 4. The Labute approximate surface area is 105 Å². The van der Waals surface area contributed by atoms with Crippen LogP contribution in [0.1, 0.15) is 6.92 Å². The monoisotopic (exact) mass is 250 g/mol. The topological polar surface area (TPSA) is 62.8 Å². The first-order chi connectivity index (χ1) is 8.58. The van der Waals surface area contributed by atoms with Crippen molar-refractivity contribution >= 4 is 5.65 Å². The van der Waals surface area contributed by atoms with Crippen molar-refractivity contribution in [2.75, 3.05) is 20.1 Å². The molecule has 2 rings (SSSR count). The molecule has 18 heavy (non-hydrogen) atoms. The molecule has 0 aliphatic heterocycles. The third kappa shape index (κ3) is 2.77. The lowest BCUT2D eigenvalue weighted by Crippen LogP contribution is -2.32. The first kappa shape index (κ1) is 12.8. The van der Waals surface area contributed by atoms with E-state index < -0.39 is 0 Å². The average molecular weight is 250 g/mol. The van der Waals surface area contributed by atoms with Gasteiger partial charge in [0, 0.05) is 19.3 Å². The Balaban J connectivity index is 2.08. The van der Waals surface area contributed by atoms with Crippen molar-refractivity contribution in [3.8, 4) is 0 Å². The Bertz CT molecular complexity index is 573. The van der Waals surface area contributed by atoms with Crippen LogP contribution in [0.5, 0.6) is 0 Å². The molecule has 0 bridgehead atoms. The Morgan fingerprint density at radius 3 is 2.94 bits per heavy atom. The smallest absolute Gasteiger partial charge is 0.350 e. The van der Waals surface area contributed by atoms with Crippen LogP contribution in [0.2, 0.25) is 0 Å². The van der Waals surface area contributed by atoms with E-state index in [-0.39, 0.29) is 11.8 Å². The van der Waals surface area contributed by atoms with E-state index in [1.807, 2.05) is 18.0 Å². The fourth-order valence-corrected chi connectivity index (χ4v) is 1.92. The maximum atomic E-state index is 12.0. The lowest BCUT2D eigenvalue weighted by Gasteiger charge is -2.17. The van der Waals surface area contributed by atoms with Crippen LogP contribution < -0.4 is 5.69 Å². The Hall–Kier alpha value is -1.66. The van der Waals surface area contributed by atoms with E-state index in [0.29, 0.717) is 25.3 Å². The van der Waals surface area contributed by atoms with Crippen molar-refractivity contribution in [3.63, 3.8) is 0 Å². The molecule has 0 aliphatic rings. The molecule has 1 unspecified atom stereocenters. The highest BCUT2D eigenvalue weighted by molar-refractivity contribution is 5.35. The maximum absolute atomic E-state index is 12.0. The van der Waals surface area contributed by atoms with Gasteiger partial charge in [-0.15, -0.1) is 5.10 Å². The summed E-state index contributed by atoms with van der Waals surface area (Å²) in [6.45, 7) is 3.52. The van der Waals surface area contributed by atoms with Gasteiger partial charge >= 0.3 is 5.69 Å². The quantitative estimate of drug-likeness (QED) is 0.799. The second kappa shape index (κ2) is 5.32. The first-order valence-corrected chi connectivity index (χ1v) is 5.99. The van der Waals surface area contributed by atoms with Crippen LogP contribution in [0.15, 0.2) is 29.2 Å². The molecule has 0 aromatic carbocycles. The third-order valence-corrected chi connectivity index (χ3v) is 2.76. The van der Waals surface area contributed by atoms with Crippen LogP contribution in [0.25, 0.3) is 5.65 Å². The van der Waals surface area contributed by atoms with Crippen molar-refractivity contribution in [3.05, 3.63) is 34.9 Å². The molecular formula is C12H18N4O2. The molecule has 2 aromatic rings. The van der Waals surface area contributed by atoms with Crippen molar-refractivity contribution in [2.45, 2.75) is 19.6 Å². The van der Waals surface area contributed by atoms with E-state index in [2.05, 4.69) is 5.10 Å². The largest absolute Gasteiger partial charge is 0.392 e. The summed E-state index contributed by atoms with van der Waals surface area (Å²) in [6, 6.07) is 5.46. The van der Waals surface area contributed by atoms with Gasteiger partial charge in [0.2, 0.25) is 0 Å². The van der Waals surface area contributed by atoms with Gasteiger partial charge in [0.15, 0.2) is 5.65 Å². The van der Waals surface area contributed by atoms with E-state index in [4.69, 9.17) is 0 Å². The molecule has 1 atom stereocenters. The van der Waals surface area contributed by atoms with Crippen LogP contribution >= 0.6 is 0 Å². The van der Waals surface area contributed by atoms with Gasteiger partial charge in [-0.1, -0.05) is 6.07 Å². The van der Waals surface area contributed by atoms with Crippen molar-refractivity contribution in [1.29, 1.82) is 0 Å². The van der Waals surface area contributed by atoms with Crippen LogP contribution in [0.3, 0.4) is 0 Å². The highest BCUT2D eigenvalue weighted by Crippen LogP contribution is 1.95. The normalized spacial score (nSPS) is 13.3. The molecule has 6 nitrogen and oxygen atoms in total. The lowest BCUT2D eigenvalue weighted by molar-refractivity contribution is 0.138. The molecule has 0 fully saturated rings. The minimum Gasteiger partial charge on any atom is -0.392 e. The number of nitrogens with zero attached hydrogens (tertiary/aromatic N) is 4. The lowest BCUT2D eigenvalue weighted by atomic mass is 10.4. The zero-order valence-corrected chi connectivity index (χ0v) is 10.7. The zero-order chi connectivity index (χ0) is 13.1. The molecule has 0 aliphatic carbocycles. The number of aliphatic hydroxyl groups excluding tert-OH is 1. The summed E-state index contributed by atoms with van der Waals surface area (Å²) in [6.07, 6.45) is 1.34. The van der Waals surface area contributed by atoms with Gasteiger partial charge in [-0.3, -0.25) is 4.40 Å². The molecule has 0 spiro atoms. The molecule has 0 radical (unpaired) electrons. The molecule has 2 heterocycles. The van der Waals surface area contributed by atoms with Gasteiger partial charge in [0.25, 0.3) is 0 Å². The van der Waals surface area contributed by atoms with E-state index in [1.165, 1.54) is 9.08 Å². The predicted molar refractivity (Wildman–Crippen MR) is 68.6 cm³/mol. The number of pyridine rings is 1. The second-order valence-electron chi connectivity index (χ2n) is 4.55. The van der Waals surface area contributed by atoms with Crippen LogP contribution in [-0.4, -0.2) is 50.4 Å². The Morgan fingerprint density at radius 1 is 1.50 bits per heavy atom. The van der Waals surface area contributed by atoms with E-state index in [0.717, 1.165) is 0 Å². The number of likely N-dealkylation sites (N-methyl/N-ethyl adjacent to an activating group) is 1. The molecule has 0 saturated carbocycles. The summed E-state index contributed by atoms with van der Waals surface area (Å²) in [5.41, 5.74) is 0.525. The Kier molecular flexibility index (Phi) is 3.78. The number of aromatic nitrogens is 3. The maximum Gasteiger partial charge on any atom is 0.350 e. The average Bonchev–Trinajstić information content (AvgIpc) is 2.64. The van der Waals surface area contributed by atoms with Gasteiger partial charge in [-0.25, -0.2) is 9.48 Å². The highest BCUT2D eigenvalue weighted by Gasteiger charge is 2.07. The summed E-state index contributed by atoms with van der Waals surface area (Å²) < 4.78 is 2.97. The van der Waals surface area contributed by atoms with Crippen molar-refractivity contribution < 1.29 is 5.11 Å². The third-order valence-electron chi connectivity index (χ3n) is 2.76. The summed E-state index contributed by atoms with van der Waals surface area (Å²) in [7, 11) is 1.91. The van der Waals surface area contributed by atoms with Crippen molar-refractivity contribution in [2.24, 2.45) is 0 Å². The molecule has 0 saturated heterocycles. The van der Waals surface area contributed by atoms with Gasteiger partial charge in [-0.05, 0) is 26.1 Å². The standard InChI is InChI=1S/C12H18N4O2/c1-10(17)9-14(2)7-8-16-12(18)15-6-4-3-5-11(15)13-16/h3-6,10,17H,7-9H2,1-2H3. The Morgan fingerprint density at radius 2 is 2.28 bits per heavy atom. The van der Waals surface area contributed by atoms with E-state index in [1.54, 1.807) is 25.3 Å². The molecule has 1 N–H and O–H groups in total. The second-order valence-corrected chi connectivity index (χ2v) is 4.55. The summed E-state index contributed by atoms with van der Waals surface area (Å²) >= 11 is 0. The van der Waals surface area contributed by atoms with Gasteiger partial charge in [0.05, 0.1) is 12.6 Å². The summed E-state index contributed by atoms with van der Waals surface area (Å²) in [5.74, 6) is 0. The van der Waals surface area contributed by atoms with E-state index >= 15 is 0 Å². The first-order valence-electron chi connectivity index (χ1n) is 5.99. The summed E-state index contributed by atoms with van der Waals surface area (Å²) in [4.78, 5) is 13.9.